The highest BCUT2D eigenvalue weighted by Gasteiger charge is 2.17. The summed E-state index contributed by atoms with van der Waals surface area (Å²) < 4.78 is 1.98. The summed E-state index contributed by atoms with van der Waals surface area (Å²) in [6, 6.07) is 20.1. The molecule has 0 spiro atoms. The van der Waals surface area contributed by atoms with Gasteiger partial charge >= 0.3 is 0 Å². The van der Waals surface area contributed by atoms with Crippen LogP contribution in [-0.4, -0.2) is 31.4 Å². The molecule has 1 amide bonds. The van der Waals surface area contributed by atoms with Crippen molar-refractivity contribution in [3.8, 4) is 17.1 Å². The molecule has 1 N–H and O–H groups in total. The van der Waals surface area contributed by atoms with Crippen LogP contribution in [0.3, 0.4) is 0 Å². The fraction of sp³-hybridized carbons (Fsp3) is 0.231. The zero-order chi connectivity index (χ0) is 23.0. The molecule has 0 aliphatic carbocycles. The van der Waals surface area contributed by atoms with Crippen LogP contribution in [0.25, 0.3) is 17.1 Å². The number of unbranched alkanes of at least 4 members (excludes halogenated alkanes) is 1. The van der Waals surface area contributed by atoms with E-state index in [9.17, 15) is 4.79 Å². The maximum atomic E-state index is 12.6. The molecule has 0 aliphatic heterocycles. The number of thioether (sulfide) groups is 1. The molecular weight excluding hydrogens is 430 g/mol. The van der Waals surface area contributed by atoms with Crippen molar-refractivity contribution < 1.29 is 4.79 Å². The van der Waals surface area contributed by atoms with Crippen molar-refractivity contribution in [2.45, 2.75) is 38.3 Å². The Morgan fingerprint density at radius 1 is 0.970 bits per heavy atom. The Morgan fingerprint density at radius 2 is 1.70 bits per heavy atom. The summed E-state index contributed by atoms with van der Waals surface area (Å²) in [6.07, 6.45) is 6.88. The predicted octanol–water partition coefficient (Wildman–Crippen LogP) is 5.71. The Kier molecular flexibility index (Phi) is 7.52. The fourth-order valence-electron chi connectivity index (χ4n) is 3.44. The lowest BCUT2D eigenvalue weighted by Crippen LogP contribution is -2.14. The van der Waals surface area contributed by atoms with Gasteiger partial charge in [-0.05, 0) is 61.7 Å². The number of nitrogens with one attached hydrogen (secondary N) is 1. The Hall–Kier alpha value is -3.45. The number of aromatic nitrogens is 4. The maximum absolute atomic E-state index is 12.6. The number of carbonyl (C=O) groups is 1. The van der Waals surface area contributed by atoms with E-state index < -0.39 is 0 Å². The van der Waals surface area contributed by atoms with Crippen molar-refractivity contribution in [3.63, 3.8) is 0 Å². The number of carbonyl (C=O) groups excluding carboxylic acids is 1. The number of benzene rings is 2. The number of anilines is 1. The van der Waals surface area contributed by atoms with E-state index in [2.05, 4.69) is 58.6 Å². The van der Waals surface area contributed by atoms with E-state index in [1.54, 1.807) is 12.4 Å². The van der Waals surface area contributed by atoms with Gasteiger partial charge in [-0.15, -0.1) is 10.2 Å². The van der Waals surface area contributed by atoms with Crippen molar-refractivity contribution in [1.29, 1.82) is 0 Å². The average Bonchev–Trinajstić information content (AvgIpc) is 3.27. The van der Waals surface area contributed by atoms with Crippen LogP contribution in [0.1, 0.15) is 30.9 Å². The Labute approximate surface area is 198 Å². The average molecular weight is 458 g/mol. The van der Waals surface area contributed by atoms with Gasteiger partial charge in [-0.3, -0.25) is 14.3 Å². The first-order chi connectivity index (χ1) is 16.1. The smallest absolute Gasteiger partial charge is 0.234 e. The first kappa shape index (κ1) is 22.7. The van der Waals surface area contributed by atoms with E-state index in [4.69, 9.17) is 0 Å². The number of hydrogen-bond acceptors (Lipinski definition) is 5. The molecule has 2 aromatic carbocycles. The first-order valence-electron chi connectivity index (χ1n) is 11.1. The maximum Gasteiger partial charge on any atom is 0.234 e. The summed E-state index contributed by atoms with van der Waals surface area (Å²) in [7, 11) is 0. The topological polar surface area (TPSA) is 72.7 Å². The molecule has 0 atom stereocenters. The van der Waals surface area contributed by atoms with E-state index in [1.165, 1.54) is 35.7 Å². The number of amides is 1. The van der Waals surface area contributed by atoms with Gasteiger partial charge < -0.3 is 5.32 Å². The van der Waals surface area contributed by atoms with Gasteiger partial charge in [0.2, 0.25) is 5.91 Å². The minimum absolute atomic E-state index is 0.0785. The van der Waals surface area contributed by atoms with Crippen LogP contribution in [0.2, 0.25) is 0 Å². The fourth-order valence-corrected chi connectivity index (χ4v) is 4.19. The van der Waals surface area contributed by atoms with Gasteiger partial charge in [0.15, 0.2) is 11.0 Å². The van der Waals surface area contributed by atoms with Crippen LogP contribution in [0.15, 0.2) is 78.2 Å². The van der Waals surface area contributed by atoms with Crippen molar-refractivity contribution in [3.05, 3.63) is 84.2 Å². The molecule has 7 heteroatoms. The first-order valence-corrected chi connectivity index (χ1v) is 12.1. The number of pyridine rings is 1. The summed E-state index contributed by atoms with van der Waals surface area (Å²) in [5.74, 6) is 0.870. The summed E-state index contributed by atoms with van der Waals surface area (Å²) in [5, 5.41) is 12.4. The van der Waals surface area contributed by atoms with E-state index in [-0.39, 0.29) is 11.7 Å². The lowest BCUT2D eigenvalue weighted by Gasteiger charge is -2.11. The Bertz CT molecular complexity index is 1190. The molecule has 33 heavy (non-hydrogen) atoms. The molecule has 0 bridgehead atoms. The second-order valence-corrected chi connectivity index (χ2v) is 8.79. The molecule has 0 saturated carbocycles. The van der Waals surface area contributed by atoms with E-state index in [0.29, 0.717) is 11.0 Å². The number of aryl methyl sites for hydroxylation is 2. The molecule has 0 fully saturated rings. The van der Waals surface area contributed by atoms with Crippen molar-refractivity contribution in [2.24, 2.45) is 0 Å². The third-order valence-electron chi connectivity index (χ3n) is 5.25. The summed E-state index contributed by atoms with van der Waals surface area (Å²) in [5.41, 5.74) is 5.13. The van der Waals surface area contributed by atoms with E-state index >= 15 is 0 Å². The summed E-state index contributed by atoms with van der Waals surface area (Å²) in [4.78, 5) is 16.7. The Morgan fingerprint density at radius 3 is 2.39 bits per heavy atom. The van der Waals surface area contributed by atoms with Crippen molar-refractivity contribution in [1.82, 2.24) is 19.7 Å². The zero-order valence-corrected chi connectivity index (χ0v) is 19.7. The molecule has 2 heterocycles. The summed E-state index contributed by atoms with van der Waals surface area (Å²) >= 11 is 1.36. The van der Waals surface area contributed by atoms with Crippen LogP contribution in [0.4, 0.5) is 5.69 Å². The molecule has 0 saturated heterocycles. The highest BCUT2D eigenvalue weighted by Crippen LogP contribution is 2.28. The van der Waals surface area contributed by atoms with Crippen LogP contribution in [0.5, 0.6) is 0 Å². The molecule has 2 aromatic heterocycles. The lowest BCUT2D eigenvalue weighted by atomic mass is 10.1. The SMILES string of the molecule is CCCCc1ccc(NC(=O)CSc2nnc(-c3ccncc3)n2-c2ccc(C)cc2)cc1. The molecule has 0 unspecified atom stereocenters. The third kappa shape index (κ3) is 5.87. The van der Waals surface area contributed by atoms with Crippen LogP contribution >= 0.6 is 11.8 Å². The minimum atomic E-state index is -0.0785. The van der Waals surface area contributed by atoms with Gasteiger partial charge in [0.25, 0.3) is 0 Å². The molecule has 168 valence electrons. The lowest BCUT2D eigenvalue weighted by molar-refractivity contribution is -0.113. The molecule has 4 aromatic rings. The molecule has 4 rings (SSSR count). The zero-order valence-electron chi connectivity index (χ0n) is 18.9. The van der Waals surface area contributed by atoms with Crippen LogP contribution in [0, 0.1) is 6.92 Å². The van der Waals surface area contributed by atoms with Crippen LogP contribution < -0.4 is 5.32 Å². The van der Waals surface area contributed by atoms with E-state index in [0.717, 1.165) is 23.4 Å². The third-order valence-corrected chi connectivity index (χ3v) is 6.18. The van der Waals surface area contributed by atoms with Gasteiger partial charge in [-0.25, -0.2) is 0 Å². The van der Waals surface area contributed by atoms with E-state index in [1.807, 2.05) is 41.0 Å². The van der Waals surface area contributed by atoms with Gasteiger partial charge in [0.05, 0.1) is 5.75 Å². The number of hydrogen-bond donors (Lipinski definition) is 1. The highest BCUT2D eigenvalue weighted by molar-refractivity contribution is 7.99. The van der Waals surface area contributed by atoms with Crippen LogP contribution in [-0.2, 0) is 11.2 Å². The van der Waals surface area contributed by atoms with Gasteiger partial charge in [-0.2, -0.15) is 0 Å². The highest BCUT2D eigenvalue weighted by atomic mass is 32.2. The molecule has 0 aliphatic rings. The van der Waals surface area contributed by atoms with Gasteiger partial charge in [-0.1, -0.05) is 54.9 Å². The standard InChI is InChI=1S/C26H27N5OS/c1-3-4-5-20-8-10-22(11-9-20)28-24(32)18-33-26-30-29-25(21-14-16-27-17-15-21)31(26)23-12-6-19(2)7-13-23/h6-17H,3-5,18H2,1-2H3,(H,28,32). The minimum Gasteiger partial charge on any atom is -0.325 e. The number of rotatable bonds is 9. The second kappa shape index (κ2) is 10.9. The monoisotopic (exact) mass is 457 g/mol. The van der Waals surface area contributed by atoms with Gasteiger partial charge in [0.1, 0.15) is 0 Å². The summed E-state index contributed by atoms with van der Waals surface area (Å²) in [6.45, 7) is 4.24. The predicted molar refractivity (Wildman–Crippen MR) is 134 cm³/mol. The normalized spacial score (nSPS) is 10.8. The Balaban J connectivity index is 1.49. The molecule has 6 nitrogen and oxygen atoms in total. The van der Waals surface area contributed by atoms with Crippen molar-refractivity contribution >= 4 is 23.4 Å². The number of nitrogens with zero attached hydrogens (tertiary/aromatic N) is 4. The largest absolute Gasteiger partial charge is 0.325 e. The molecule has 0 radical (unpaired) electrons. The second-order valence-electron chi connectivity index (χ2n) is 7.85. The molecular formula is C26H27N5OS. The van der Waals surface area contributed by atoms with Gasteiger partial charge in [0, 0.05) is 29.3 Å². The quantitative estimate of drug-likeness (QED) is 0.326. The van der Waals surface area contributed by atoms with Crippen molar-refractivity contribution in [2.75, 3.05) is 11.1 Å².